The Labute approximate surface area is 193 Å². The molecule has 1 aromatic carbocycles. The van der Waals surface area contributed by atoms with Gasteiger partial charge in [0.05, 0.1) is 16.9 Å². The number of nitrogens with zero attached hydrogens (tertiary/aromatic N) is 1. The first kappa shape index (κ1) is 19.8. The molecular formula is C21H17BrN2O5S2. The number of carbonyl (C=O) groups excluding carboxylic acids is 2. The normalized spacial score (nSPS) is 35.3. The number of nitrogens with one attached hydrogen (secondary N) is 1. The molecule has 2 amide bonds. The Hall–Kier alpha value is -1.91. The number of thiazole rings is 1. The summed E-state index contributed by atoms with van der Waals surface area (Å²) in [5, 5.41) is 10.1. The van der Waals surface area contributed by atoms with Crippen LogP contribution >= 0.6 is 39.0 Å². The summed E-state index contributed by atoms with van der Waals surface area (Å²) in [5.74, 6) is -2.63. The third-order valence-electron chi connectivity index (χ3n) is 7.34. The van der Waals surface area contributed by atoms with Gasteiger partial charge in [0.2, 0.25) is 11.8 Å². The van der Waals surface area contributed by atoms with E-state index in [9.17, 15) is 19.2 Å². The van der Waals surface area contributed by atoms with E-state index < -0.39 is 24.3 Å². The first-order valence-corrected chi connectivity index (χ1v) is 12.6. The smallest absolute Gasteiger partial charge is 0.323 e. The van der Waals surface area contributed by atoms with Gasteiger partial charge in [-0.3, -0.25) is 24.1 Å². The number of benzene rings is 1. The number of fused-ring (bicyclic) bond motifs is 9. The standard InChI is InChI=1S/C21H17BrN2O5S2/c22-8-3-1-7(2-4-8)12-13-9-5-10(16(13)30-18-17(12)31-21(29)23-18)15-14(9)19(27)24(20(15)28)6-11(25)26/h1-4,9-10,12-16H,5-6H2,(H,23,29)(H,25,26)/t9?,10?,12-,13?,14?,15?,16?/m1/s1. The molecule has 7 atom stereocenters. The molecule has 2 aliphatic carbocycles. The topological polar surface area (TPSA) is 108 Å². The molecule has 2 aliphatic heterocycles. The number of H-pyrrole nitrogens is 1. The number of imide groups is 1. The highest BCUT2D eigenvalue weighted by molar-refractivity contribution is 9.10. The zero-order valence-corrected chi connectivity index (χ0v) is 19.2. The minimum absolute atomic E-state index is 0.00161. The van der Waals surface area contributed by atoms with E-state index in [4.69, 9.17) is 5.11 Å². The van der Waals surface area contributed by atoms with Crippen molar-refractivity contribution < 1.29 is 19.5 Å². The minimum atomic E-state index is -1.17. The molecule has 0 spiro atoms. The summed E-state index contributed by atoms with van der Waals surface area (Å²) in [6.07, 6.45) is 0.794. The molecule has 160 valence electrons. The van der Waals surface area contributed by atoms with Gasteiger partial charge in [-0.25, -0.2) is 0 Å². The Kier molecular flexibility index (Phi) is 4.33. The van der Waals surface area contributed by atoms with Gasteiger partial charge in [0.1, 0.15) is 6.54 Å². The van der Waals surface area contributed by atoms with E-state index in [1.165, 1.54) is 11.3 Å². The van der Waals surface area contributed by atoms with Gasteiger partial charge < -0.3 is 10.1 Å². The minimum Gasteiger partial charge on any atom is -0.480 e. The molecule has 10 heteroatoms. The van der Waals surface area contributed by atoms with Crippen LogP contribution in [0.5, 0.6) is 0 Å². The number of rotatable bonds is 3. The third-order valence-corrected chi connectivity index (χ3v) is 10.5. The maximum atomic E-state index is 13.1. The van der Waals surface area contributed by atoms with Crippen LogP contribution < -0.4 is 4.87 Å². The van der Waals surface area contributed by atoms with Crippen LogP contribution in [0, 0.1) is 29.6 Å². The largest absolute Gasteiger partial charge is 0.480 e. The Bertz CT molecular complexity index is 1190. The number of aromatic amines is 1. The van der Waals surface area contributed by atoms with Crippen molar-refractivity contribution >= 4 is 56.8 Å². The van der Waals surface area contributed by atoms with Crippen LogP contribution in [0.1, 0.15) is 22.8 Å². The van der Waals surface area contributed by atoms with E-state index in [0.29, 0.717) is 0 Å². The number of hydrogen-bond donors (Lipinski definition) is 2. The van der Waals surface area contributed by atoms with Crippen LogP contribution in [0.4, 0.5) is 0 Å². The maximum Gasteiger partial charge on any atom is 0.323 e. The molecule has 1 saturated heterocycles. The third kappa shape index (κ3) is 2.70. The second-order valence-corrected chi connectivity index (χ2v) is 11.8. The lowest BCUT2D eigenvalue weighted by molar-refractivity contribution is -0.149. The lowest BCUT2D eigenvalue weighted by atomic mass is 9.68. The first-order chi connectivity index (χ1) is 14.8. The summed E-state index contributed by atoms with van der Waals surface area (Å²) in [4.78, 5) is 54.4. The second kappa shape index (κ2) is 6.79. The molecule has 31 heavy (non-hydrogen) atoms. The van der Waals surface area contributed by atoms with E-state index in [0.717, 1.165) is 31.3 Å². The molecule has 1 aromatic heterocycles. The lowest BCUT2D eigenvalue weighted by Gasteiger charge is -2.43. The van der Waals surface area contributed by atoms with E-state index in [-0.39, 0.29) is 45.6 Å². The molecular weight excluding hydrogens is 504 g/mol. The second-order valence-electron chi connectivity index (χ2n) is 8.67. The molecule has 6 rings (SSSR count). The zero-order valence-electron chi connectivity index (χ0n) is 16.0. The Balaban J connectivity index is 1.45. The fraction of sp³-hybridized carbons (Fsp3) is 0.429. The number of halogens is 1. The number of carboxylic acids is 1. The van der Waals surface area contributed by atoms with Crippen LogP contribution in [0.3, 0.4) is 0 Å². The van der Waals surface area contributed by atoms with Gasteiger partial charge in [0.25, 0.3) is 0 Å². The van der Waals surface area contributed by atoms with Crippen molar-refractivity contribution in [3.8, 4) is 0 Å². The van der Waals surface area contributed by atoms with Gasteiger partial charge in [-0.05, 0) is 41.9 Å². The van der Waals surface area contributed by atoms with E-state index >= 15 is 0 Å². The summed E-state index contributed by atoms with van der Waals surface area (Å²) < 4.78 is 0.967. The molecule has 2 bridgehead atoms. The highest BCUT2D eigenvalue weighted by Crippen LogP contribution is 2.68. The van der Waals surface area contributed by atoms with Gasteiger partial charge in [0, 0.05) is 20.5 Å². The van der Waals surface area contributed by atoms with E-state index in [1.807, 2.05) is 12.1 Å². The summed E-state index contributed by atoms with van der Waals surface area (Å²) in [5.41, 5.74) is 1.10. The SMILES string of the molecule is O=C(O)CN1C(=O)C2C3CC(C2C1=O)C1C3Sc2[nH]c(=O)sc2[C@@H]1c1ccc(Br)cc1. The summed E-state index contributed by atoms with van der Waals surface area (Å²) in [7, 11) is 0. The molecule has 2 aromatic rings. The van der Waals surface area contributed by atoms with Gasteiger partial charge in [-0.2, -0.15) is 0 Å². The molecule has 4 aliphatic rings. The summed E-state index contributed by atoms with van der Waals surface area (Å²) >= 11 is 6.33. The predicted octanol–water partition coefficient (Wildman–Crippen LogP) is 2.76. The highest BCUT2D eigenvalue weighted by Gasteiger charge is 2.69. The average molecular weight is 521 g/mol. The van der Waals surface area contributed by atoms with Gasteiger partial charge in [0.15, 0.2) is 0 Å². The first-order valence-electron chi connectivity index (χ1n) is 10.1. The van der Waals surface area contributed by atoms with E-state index in [1.54, 1.807) is 11.8 Å². The van der Waals surface area contributed by atoms with Crippen molar-refractivity contribution in [2.75, 3.05) is 6.54 Å². The van der Waals surface area contributed by atoms with Crippen molar-refractivity contribution in [1.82, 2.24) is 9.88 Å². The fourth-order valence-corrected chi connectivity index (χ4v) is 9.57. The number of amides is 2. The maximum absolute atomic E-state index is 13.1. The zero-order chi connectivity index (χ0) is 21.6. The molecule has 2 N–H and O–H groups in total. The Morgan fingerprint density at radius 2 is 1.81 bits per heavy atom. The quantitative estimate of drug-likeness (QED) is 0.602. The monoisotopic (exact) mass is 520 g/mol. The van der Waals surface area contributed by atoms with Crippen molar-refractivity contribution in [3.63, 3.8) is 0 Å². The van der Waals surface area contributed by atoms with Crippen molar-refractivity contribution in [2.45, 2.75) is 22.6 Å². The van der Waals surface area contributed by atoms with Gasteiger partial charge in [-0.1, -0.05) is 39.4 Å². The highest BCUT2D eigenvalue weighted by atomic mass is 79.9. The van der Waals surface area contributed by atoms with Crippen molar-refractivity contribution in [1.29, 1.82) is 0 Å². The lowest BCUT2D eigenvalue weighted by Crippen LogP contribution is -2.42. The van der Waals surface area contributed by atoms with Crippen LogP contribution in [0.25, 0.3) is 0 Å². The number of aliphatic carboxylic acids is 1. The Morgan fingerprint density at radius 3 is 2.48 bits per heavy atom. The molecule has 2 saturated carbocycles. The number of likely N-dealkylation sites (tertiary alicyclic amines) is 1. The molecule has 3 heterocycles. The summed E-state index contributed by atoms with van der Waals surface area (Å²) in [6, 6.07) is 8.07. The number of carboxylic acid groups (broad SMARTS) is 1. The van der Waals surface area contributed by atoms with Crippen molar-refractivity contribution in [2.24, 2.45) is 29.6 Å². The van der Waals surface area contributed by atoms with Crippen molar-refractivity contribution in [3.05, 3.63) is 48.8 Å². The number of hydrogen-bond acceptors (Lipinski definition) is 6. The van der Waals surface area contributed by atoms with E-state index in [2.05, 4.69) is 33.0 Å². The van der Waals surface area contributed by atoms with Crippen LogP contribution in [0.2, 0.25) is 0 Å². The number of thioether (sulfide) groups is 1. The van der Waals surface area contributed by atoms with Crippen LogP contribution in [-0.4, -0.2) is 44.6 Å². The van der Waals surface area contributed by atoms with Gasteiger partial charge >= 0.3 is 10.8 Å². The number of carbonyl (C=O) groups is 3. The number of aromatic nitrogens is 1. The molecule has 7 nitrogen and oxygen atoms in total. The van der Waals surface area contributed by atoms with Crippen LogP contribution in [0.15, 0.2) is 38.6 Å². The average Bonchev–Trinajstić information content (AvgIpc) is 3.44. The molecule has 0 radical (unpaired) electrons. The molecule has 3 fully saturated rings. The Morgan fingerprint density at radius 1 is 1.13 bits per heavy atom. The fourth-order valence-electron chi connectivity index (χ4n) is 6.41. The van der Waals surface area contributed by atoms with Gasteiger partial charge in [-0.15, -0.1) is 11.8 Å². The molecule has 6 unspecified atom stereocenters. The summed E-state index contributed by atoms with van der Waals surface area (Å²) in [6.45, 7) is -0.566. The predicted molar refractivity (Wildman–Crippen MR) is 117 cm³/mol. The van der Waals surface area contributed by atoms with Crippen LogP contribution in [-0.2, 0) is 14.4 Å².